The van der Waals surface area contributed by atoms with E-state index in [1.54, 1.807) is 29.2 Å². The van der Waals surface area contributed by atoms with Gasteiger partial charge in [0.2, 0.25) is 15.9 Å². The van der Waals surface area contributed by atoms with E-state index in [4.69, 9.17) is 45.3 Å². The summed E-state index contributed by atoms with van der Waals surface area (Å²) in [5.41, 5.74) is 5.94. The van der Waals surface area contributed by atoms with E-state index in [1.165, 1.54) is 23.1 Å². The third-order valence-corrected chi connectivity index (χ3v) is 10.2. The van der Waals surface area contributed by atoms with Crippen molar-refractivity contribution in [3.63, 3.8) is 0 Å². The maximum Gasteiger partial charge on any atom is 0.405 e. The molecule has 2 aliphatic heterocycles. The lowest BCUT2D eigenvalue weighted by atomic mass is 9.88. The summed E-state index contributed by atoms with van der Waals surface area (Å²) in [6.45, 7) is -0.537. The molecule has 2 N–H and O–H groups in total. The molecule has 3 amide bonds. The van der Waals surface area contributed by atoms with Gasteiger partial charge in [0.25, 0.3) is 5.91 Å². The Bertz CT molecular complexity index is 1420. The molecule has 1 aliphatic carbocycles. The number of ether oxygens (including phenoxy) is 1. The maximum absolute atomic E-state index is 14.0. The van der Waals surface area contributed by atoms with E-state index >= 15 is 0 Å². The Balaban J connectivity index is 1.61. The Labute approximate surface area is 240 Å². The number of piperazine rings is 1. The lowest BCUT2D eigenvalue weighted by Crippen LogP contribution is -2.75. The van der Waals surface area contributed by atoms with Crippen LogP contribution in [0.5, 0.6) is 0 Å². The van der Waals surface area contributed by atoms with Gasteiger partial charge in [0.05, 0.1) is 18.1 Å². The van der Waals surface area contributed by atoms with Crippen LogP contribution in [-0.4, -0.2) is 77.9 Å². The molecular formula is C25H25Cl3N4O6S. The molecule has 2 saturated heterocycles. The lowest BCUT2D eigenvalue weighted by molar-refractivity contribution is -0.176. The molecule has 39 heavy (non-hydrogen) atoms. The predicted octanol–water partition coefficient (Wildman–Crippen LogP) is 3.28. The van der Waals surface area contributed by atoms with E-state index in [1.807, 2.05) is 0 Å². The Morgan fingerprint density at radius 1 is 0.974 bits per heavy atom. The minimum absolute atomic E-state index is 0.0416. The molecule has 0 radical (unpaired) electrons. The van der Waals surface area contributed by atoms with Crippen LogP contribution in [-0.2, 0) is 30.8 Å². The average molecular weight is 616 g/mol. The minimum Gasteiger partial charge on any atom is -0.435 e. The second kappa shape index (κ2) is 10.8. The smallest absolute Gasteiger partial charge is 0.405 e. The number of carbonyl (C=O) groups excluding carboxylic acids is 3. The fourth-order valence-electron chi connectivity index (χ4n) is 5.29. The Hall–Kier alpha value is -2.57. The molecule has 3 fully saturated rings. The molecule has 0 bridgehead atoms. The van der Waals surface area contributed by atoms with Gasteiger partial charge in [-0.15, -0.1) is 0 Å². The van der Waals surface area contributed by atoms with Crippen LogP contribution in [0.15, 0.2) is 47.4 Å². The number of sulfonamides is 1. The SMILES string of the molecule is NC(=O)OC1CN(S(=O)(=O)c2ccc(Cl)cc2Cl)C2CN(C3CCC3)C(=O)C(Cc3ccc(Cl)cc3)N2C1=O. The van der Waals surface area contributed by atoms with Crippen LogP contribution in [0.1, 0.15) is 24.8 Å². The van der Waals surface area contributed by atoms with E-state index in [0.29, 0.717) is 10.6 Å². The van der Waals surface area contributed by atoms with Crippen molar-refractivity contribution in [2.75, 3.05) is 13.1 Å². The highest BCUT2D eigenvalue weighted by molar-refractivity contribution is 7.89. The molecule has 3 unspecified atom stereocenters. The van der Waals surface area contributed by atoms with Crippen molar-refractivity contribution in [2.24, 2.45) is 5.73 Å². The molecule has 10 nitrogen and oxygen atoms in total. The quantitative estimate of drug-likeness (QED) is 0.531. The zero-order chi connectivity index (χ0) is 28.1. The van der Waals surface area contributed by atoms with Crippen molar-refractivity contribution < 1.29 is 27.5 Å². The molecule has 3 atom stereocenters. The number of nitrogens with two attached hydrogens (primary N) is 1. The van der Waals surface area contributed by atoms with Crippen LogP contribution in [0.3, 0.4) is 0 Å². The van der Waals surface area contributed by atoms with Crippen molar-refractivity contribution in [1.82, 2.24) is 14.1 Å². The monoisotopic (exact) mass is 614 g/mol. The first-order valence-corrected chi connectivity index (χ1v) is 14.8. The summed E-state index contributed by atoms with van der Waals surface area (Å²) in [6.07, 6.45) is -1.27. The first-order valence-electron chi connectivity index (χ1n) is 12.3. The molecule has 1 saturated carbocycles. The molecular weight excluding hydrogens is 591 g/mol. The highest BCUT2D eigenvalue weighted by Gasteiger charge is 2.56. The van der Waals surface area contributed by atoms with Crippen LogP contribution in [0, 0.1) is 0 Å². The van der Waals surface area contributed by atoms with Crippen LogP contribution in [0.25, 0.3) is 0 Å². The number of benzene rings is 2. The molecule has 5 rings (SSSR count). The lowest BCUT2D eigenvalue weighted by Gasteiger charge is -2.55. The van der Waals surface area contributed by atoms with Gasteiger partial charge in [0.15, 0.2) is 6.10 Å². The van der Waals surface area contributed by atoms with Gasteiger partial charge in [0.1, 0.15) is 17.1 Å². The Kier molecular flexibility index (Phi) is 7.73. The summed E-state index contributed by atoms with van der Waals surface area (Å²) in [6, 6.07) is 9.65. The van der Waals surface area contributed by atoms with Gasteiger partial charge < -0.3 is 20.3 Å². The molecule has 2 aromatic rings. The maximum atomic E-state index is 14.0. The first-order chi connectivity index (χ1) is 18.5. The van der Waals surface area contributed by atoms with E-state index < -0.39 is 46.9 Å². The second-order valence-electron chi connectivity index (χ2n) is 9.72. The number of hydrogen-bond acceptors (Lipinski definition) is 6. The topological polar surface area (TPSA) is 130 Å². The third kappa shape index (κ3) is 5.30. The molecule has 0 spiro atoms. The van der Waals surface area contributed by atoms with Crippen molar-refractivity contribution in [3.05, 3.63) is 63.1 Å². The van der Waals surface area contributed by atoms with Gasteiger partial charge in [-0.25, -0.2) is 13.2 Å². The number of nitrogens with zero attached hydrogens (tertiary/aromatic N) is 3. The highest BCUT2D eigenvalue weighted by atomic mass is 35.5. The number of halogens is 3. The number of fused-ring (bicyclic) bond motifs is 1. The minimum atomic E-state index is -4.37. The zero-order valence-electron chi connectivity index (χ0n) is 20.5. The van der Waals surface area contributed by atoms with Gasteiger partial charge in [-0.05, 0) is 55.2 Å². The highest BCUT2D eigenvalue weighted by Crippen LogP contribution is 2.37. The van der Waals surface area contributed by atoms with Crippen molar-refractivity contribution in [2.45, 2.75) is 54.9 Å². The number of amides is 3. The number of rotatable bonds is 6. The van der Waals surface area contributed by atoms with Crippen molar-refractivity contribution >= 4 is 62.7 Å². The molecule has 14 heteroatoms. The van der Waals surface area contributed by atoms with E-state index in [-0.39, 0.29) is 39.9 Å². The predicted molar refractivity (Wildman–Crippen MR) is 144 cm³/mol. The summed E-state index contributed by atoms with van der Waals surface area (Å²) in [4.78, 5) is 41.9. The van der Waals surface area contributed by atoms with E-state index in [0.717, 1.165) is 23.6 Å². The fraction of sp³-hybridized carbons (Fsp3) is 0.400. The standard InChI is InChI=1S/C25H25Cl3N4O6S/c26-15-6-4-14(5-7-15)10-19-23(33)30(17-2-1-3-17)13-22-31(12-20(38-25(29)35)24(34)32(19)22)39(36,37)21-9-8-16(27)11-18(21)28/h4-9,11,17,19-20,22H,1-3,10,12-13H2,(H2,29,35). The Morgan fingerprint density at radius 2 is 1.64 bits per heavy atom. The van der Waals surface area contributed by atoms with Crippen molar-refractivity contribution in [1.29, 1.82) is 0 Å². The number of hydrogen-bond donors (Lipinski definition) is 1. The van der Waals surface area contributed by atoms with E-state index in [2.05, 4.69) is 0 Å². The van der Waals surface area contributed by atoms with Gasteiger partial charge in [-0.2, -0.15) is 4.31 Å². The fourth-order valence-corrected chi connectivity index (χ4v) is 7.73. The van der Waals surface area contributed by atoms with E-state index in [9.17, 15) is 22.8 Å². The van der Waals surface area contributed by atoms with Crippen molar-refractivity contribution in [3.8, 4) is 0 Å². The molecule has 2 aromatic carbocycles. The zero-order valence-corrected chi connectivity index (χ0v) is 23.6. The molecule has 3 aliphatic rings. The van der Waals surface area contributed by atoms with Crippen LogP contribution < -0.4 is 5.73 Å². The summed E-state index contributed by atoms with van der Waals surface area (Å²) >= 11 is 18.3. The first kappa shape index (κ1) is 28.0. The Morgan fingerprint density at radius 3 is 2.23 bits per heavy atom. The van der Waals surface area contributed by atoms with Gasteiger partial charge in [0, 0.05) is 22.5 Å². The van der Waals surface area contributed by atoms with Crippen LogP contribution in [0.2, 0.25) is 15.1 Å². The third-order valence-electron chi connectivity index (χ3n) is 7.39. The summed E-state index contributed by atoms with van der Waals surface area (Å²) < 4.78 is 34.2. The number of primary amides is 1. The van der Waals surface area contributed by atoms with Crippen LogP contribution >= 0.6 is 34.8 Å². The molecule has 208 valence electrons. The van der Waals surface area contributed by atoms with Gasteiger partial charge >= 0.3 is 6.09 Å². The molecule has 0 aromatic heterocycles. The summed E-state index contributed by atoms with van der Waals surface area (Å²) in [5, 5.41) is 0.634. The average Bonchev–Trinajstić information content (AvgIpc) is 2.83. The van der Waals surface area contributed by atoms with Gasteiger partial charge in [-0.3, -0.25) is 9.59 Å². The van der Waals surface area contributed by atoms with Crippen LogP contribution in [0.4, 0.5) is 4.79 Å². The normalized spacial score (nSPS) is 24.3. The molecule has 2 heterocycles. The largest absolute Gasteiger partial charge is 0.435 e. The second-order valence-corrected chi connectivity index (χ2v) is 12.9. The number of carbonyl (C=O) groups is 3. The summed E-state index contributed by atoms with van der Waals surface area (Å²) in [7, 11) is -4.37. The van der Waals surface area contributed by atoms with Gasteiger partial charge in [-0.1, -0.05) is 46.9 Å². The summed E-state index contributed by atoms with van der Waals surface area (Å²) in [5.74, 6) is -1.01.